The molecule has 18 heteroatoms. The summed E-state index contributed by atoms with van der Waals surface area (Å²) in [4.78, 5) is 0. The third kappa shape index (κ3) is 541. The molecular weight excluding hydrogens is 464 g/mol. The summed E-state index contributed by atoms with van der Waals surface area (Å²) in [6, 6.07) is 0. The van der Waals surface area contributed by atoms with Crippen LogP contribution in [0.5, 0.6) is 0 Å². The van der Waals surface area contributed by atoms with Crippen LogP contribution in [0.4, 0.5) is 0 Å². The Labute approximate surface area is 203 Å². The maximum absolute atomic E-state index is 7.75. The summed E-state index contributed by atoms with van der Waals surface area (Å²) in [7, 11) is 0. The number of hydrogen-bond donors (Lipinski definition) is 16. The molecule has 0 radical (unpaired) electrons. The minimum Gasteiger partial charge on any atom is -0.412 e. The zero-order valence-electron chi connectivity index (χ0n) is 20.5. The number of aliphatic hydroxyl groups excluding tert-OH is 8. The highest BCUT2D eigenvalue weighted by molar-refractivity contribution is 4.20. The molecule has 0 aromatic carbocycles. The predicted molar refractivity (Wildman–Crippen MR) is 136 cm³/mol. The molecule has 0 heterocycles. The molecule has 0 aliphatic heterocycles. The van der Waals surface area contributed by atoms with Gasteiger partial charge in [0.05, 0.1) is 52.9 Å². The van der Waals surface area contributed by atoms with Gasteiger partial charge < -0.3 is 97.7 Å². The molecule has 0 bridgehead atoms. The van der Waals surface area contributed by atoms with Crippen molar-refractivity contribution < 1.29 is 51.8 Å². The Morgan fingerprint density at radius 3 is 0.265 bits per heavy atom. The normalized spacial score (nSPS) is 7.06. The molecule has 0 aliphatic carbocycles. The van der Waals surface area contributed by atoms with Crippen LogP contribution < -0.4 is 45.9 Å². The van der Waals surface area contributed by atoms with E-state index in [1.807, 2.05) is 0 Å². The van der Waals surface area contributed by atoms with Gasteiger partial charge >= 0.3 is 0 Å². The Bertz CT molecular complexity index is 116. The Morgan fingerprint density at radius 2 is 0.265 bits per heavy atom. The molecule has 0 aliphatic rings. The van der Waals surface area contributed by atoms with Crippen molar-refractivity contribution >= 4 is 0 Å². The molecule has 34 heavy (non-hydrogen) atoms. The fourth-order valence-corrected chi connectivity index (χ4v) is 0. The summed E-state index contributed by atoms with van der Waals surface area (Å²) in [5.74, 6) is 0. The van der Waals surface area contributed by atoms with Crippen molar-refractivity contribution in [3.8, 4) is 0 Å². The molecule has 0 rings (SSSR count). The largest absolute Gasteiger partial charge is 0.412 e. The van der Waals surface area contributed by atoms with Gasteiger partial charge in [0.15, 0.2) is 0 Å². The lowest BCUT2D eigenvalue weighted by atomic mass is 10.8. The highest BCUT2D eigenvalue weighted by atomic mass is 16.3. The second-order valence-corrected chi connectivity index (χ2v) is 4.10. The van der Waals surface area contributed by atoms with Crippen LogP contribution in [0.1, 0.15) is 0 Å². The summed E-state index contributed by atoms with van der Waals surface area (Å²) in [6.07, 6.45) is 0. The second-order valence-electron chi connectivity index (χ2n) is 4.10. The number of rotatable bonds is 8. The van der Waals surface area contributed by atoms with Gasteiger partial charge in [0, 0.05) is 52.4 Å². The van der Waals surface area contributed by atoms with E-state index in [0.717, 1.165) is 0 Å². The molecule has 0 amide bonds. The van der Waals surface area contributed by atoms with E-state index in [1.54, 1.807) is 0 Å². The summed E-state index contributed by atoms with van der Waals surface area (Å²) in [5, 5.41) is 62.0. The zero-order chi connectivity index (χ0) is 27.3. The van der Waals surface area contributed by atoms with Gasteiger partial charge in [-0.1, -0.05) is 0 Å². The quantitative estimate of drug-likeness (QED) is 0.140. The Morgan fingerprint density at radius 1 is 0.235 bits per heavy atom. The van der Waals surface area contributed by atoms with Crippen molar-refractivity contribution in [1.82, 2.24) is 0 Å². The summed E-state index contributed by atoms with van der Waals surface area (Å²) in [6.45, 7) is 3.78. The second kappa shape index (κ2) is 135. The van der Waals surface area contributed by atoms with Gasteiger partial charge in [-0.25, -0.2) is 0 Å². The van der Waals surface area contributed by atoms with Gasteiger partial charge in [0.25, 0.3) is 0 Å². The molecule has 0 aromatic heterocycles. The zero-order valence-corrected chi connectivity index (χ0v) is 20.5. The van der Waals surface area contributed by atoms with E-state index in [9.17, 15) is 0 Å². The van der Waals surface area contributed by atoms with Crippen molar-refractivity contribution in [2.45, 2.75) is 0 Å². The first-order valence-corrected chi connectivity index (χ1v) is 9.80. The third-order valence-electron chi connectivity index (χ3n) is 1.03. The number of aliphatic hydroxyl groups is 8. The first kappa shape index (κ1) is 64.0. The highest BCUT2D eigenvalue weighted by Crippen LogP contribution is 1.35. The lowest BCUT2D eigenvalue weighted by Crippen LogP contribution is -2.02. The van der Waals surface area contributed by atoms with E-state index in [4.69, 9.17) is 86.7 Å². The van der Waals surface area contributed by atoms with Crippen molar-refractivity contribution in [3.05, 3.63) is 0 Å². The molecule has 0 aromatic rings. The van der Waals surface area contributed by atoms with Crippen LogP contribution >= 0.6 is 0 Å². The van der Waals surface area contributed by atoms with E-state index in [0.29, 0.717) is 52.4 Å². The van der Waals surface area contributed by atoms with Crippen LogP contribution in [0.3, 0.4) is 0 Å². The van der Waals surface area contributed by atoms with E-state index in [-0.39, 0.29) is 63.8 Å². The first-order valence-electron chi connectivity index (χ1n) is 9.80. The van der Waals surface area contributed by atoms with Gasteiger partial charge in [-0.2, -0.15) is 0 Å². The molecule has 0 fully saturated rings. The van der Waals surface area contributed by atoms with E-state index < -0.39 is 0 Å². The lowest BCUT2D eigenvalue weighted by molar-refractivity contribution is 0.306. The van der Waals surface area contributed by atoms with Crippen LogP contribution in [-0.2, 0) is 0 Å². The van der Waals surface area contributed by atoms with Crippen LogP contribution in [0.15, 0.2) is 0 Å². The minimum atomic E-state index is 0. The maximum Gasteiger partial charge on any atom is 0.0553 e. The summed E-state index contributed by atoms with van der Waals surface area (Å²) in [5.41, 5.74) is 38.2. The maximum atomic E-state index is 7.75. The van der Waals surface area contributed by atoms with Gasteiger partial charge in [0.1, 0.15) is 0 Å². The van der Waals surface area contributed by atoms with Crippen LogP contribution in [0.2, 0.25) is 0 Å². The molecule has 0 unspecified atom stereocenters. The van der Waals surface area contributed by atoms with E-state index in [2.05, 4.69) is 0 Å². The molecule has 0 spiro atoms. The molecular formula is C16H60N8O10. The average Bonchev–Trinajstić information content (AvgIpc) is 2.89. The van der Waals surface area contributed by atoms with E-state index >= 15 is 0 Å². The fourth-order valence-electron chi connectivity index (χ4n) is 0. The molecule has 28 N–H and O–H groups in total. The van der Waals surface area contributed by atoms with Crippen molar-refractivity contribution in [3.63, 3.8) is 0 Å². The molecule has 0 saturated heterocycles. The van der Waals surface area contributed by atoms with Gasteiger partial charge in [-0.05, 0) is 0 Å². The lowest BCUT2D eigenvalue weighted by Gasteiger charge is -1.71. The van der Waals surface area contributed by atoms with Gasteiger partial charge in [-0.15, -0.1) is 0 Å². The van der Waals surface area contributed by atoms with Gasteiger partial charge in [-0.3, -0.25) is 0 Å². The van der Waals surface area contributed by atoms with Crippen molar-refractivity contribution in [2.75, 3.05) is 105 Å². The highest BCUT2D eigenvalue weighted by Gasteiger charge is 1.58. The molecule has 18 nitrogen and oxygen atoms in total. The Balaban J connectivity index is -0.0000000240. The summed E-state index contributed by atoms with van der Waals surface area (Å²) < 4.78 is 0. The molecule has 224 valence electrons. The number of hydrogen-bond acceptors (Lipinski definition) is 16. The molecule has 0 atom stereocenters. The SMILES string of the molecule is NCCO.NCCO.NCCO.NCCO.NCCO.NCCO.NCCO.NCCO.O.O. The van der Waals surface area contributed by atoms with Crippen LogP contribution in [-0.4, -0.2) is 157 Å². The van der Waals surface area contributed by atoms with Crippen LogP contribution in [0.25, 0.3) is 0 Å². The summed E-state index contributed by atoms with van der Waals surface area (Å²) >= 11 is 0. The Hall–Kier alpha value is -0.720. The monoisotopic (exact) mass is 524 g/mol. The number of nitrogens with two attached hydrogens (primary N) is 8. The predicted octanol–water partition coefficient (Wildman–Crippen LogP) is -10.2. The topological polar surface area (TPSA) is 433 Å². The van der Waals surface area contributed by atoms with E-state index in [1.165, 1.54) is 0 Å². The van der Waals surface area contributed by atoms with Crippen molar-refractivity contribution in [1.29, 1.82) is 0 Å². The smallest absolute Gasteiger partial charge is 0.0553 e. The van der Waals surface area contributed by atoms with Crippen LogP contribution in [0, 0.1) is 0 Å². The van der Waals surface area contributed by atoms with Crippen molar-refractivity contribution in [2.24, 2.45) is 45.9 Å². The standard InChI is InChI=1S/8C2H7NO.2H2O/c8*3-1-2-4;;/h8*4H,1-3H2;2*1H2. The Kier molecular flexibility index (Phi) is 255. The minimum absolute atomic E-state index is 0. The first-order chi connectivity index (χ1) is 15.3. The van der Waals surface area contributed by atoms with Gasteiger partial charge in [0.2, 0.25) is 0 Å². The third-order valence-corrected chi connectivity index (χ3v) is 1.03. The fraction of sp³-hybridized carbons (Fsp3) is 1.00. The molecule has 0 saturated carbocycles. The average molecular weight is 525 g/mol.